The number of hydrogen-bond acceptors (Lipinski definition) is 4. The molecule has 1 aromatic rings. The highest BCUT2D eigenvalue weighted by molar-refractivity contribution is 5.97. The predicted molar refractivity (Wildman–Crippen MR) is 72.1 cm³/mol. The Morgan fingerprint density at radius 1 is 1.37 bits per heavy atom. The minimum atomic E-state index is -1.06. The minimum Gasteiger partial charge on any atom is -0.478 e. The molecule has 6 heteroatoms. The van der Waals surface area contributed by atoms with Crippen LogP contribution >= 0.6 is 0 Å². The summed E-state index contributed by atoms with van der Waals surface area (Å²) >= 11 is 0. The van der Waals surface area contributed by atoms with Gasteiger partial charge >= 0.3 is 5.97 Å². The summed E-state index contributed by atoms with van der Waals surface area (Å²) in [7, 11) is 0. The summed E-state index contributed by atoms with van der Waals surface area (Å²) in [6.07, 6.45) is 2.47. The molecular weight excluding hydrogens is 246 g/mol. The van der Waals surface area contributed by atoms with Crippen LogP contribution in [0.5, 0.6) is 0 Å². The number of rotatable bonds is 6. The molecular formula is C13H17N3O3. The molecule has 1 saturated carbocycles. The van der Waals surface area contributed by atoms with E-state index in [-0.39, 0.29) is 17.2 Å². The molecule has 1 aromatic carbocycles. The molecule has 19 heavy (non-hydrogen) atoms. The van der Waals surface area contributed by atoms with Crippen LogP contribution in [-0.2, 0) is 4.79 Å². The number of hydrogen-bond donors (Lipinski definition) is 4. The van der Waals surface area contributed by atoms with E-state index in [9.17, 15) is 9.59 Å². The number of carboxylic acid groups (broad SMARTS) is 1. The molecule has 0 saturated heterocycles. The van der Waals surface area contributed by atoms with Crippen LogP contribution in [0.3, 0.4) is 0 Å². The Balaban J connectivity index is 1.86. The molecule has 0 spiro atoms. The quantitative estimate of drug-likeness (QED) is 0.574. The molecule has 102 valence electrons. The number of carbonyl (C=O) groups is 2. The van der Waals surface area contributed by atoms with Gasteiger partial charge in [-0.25, -0.2) is 4.79 Å². The molecule has 1 fully saturated rings. The van der Waals surface area contributed by atoms with Crippen molar-refractivity contribution in [2.75, 3.05) is 17.6 Å². The summed E-state index contributed by atoms with van der Waals surface area (Å²) in [5.74, 6) is -1.06. The summed E-state index contributed by atoms with van der Waals surface area (Å²) in [6.45, 7) is 0.422. The largest absolute Gasteiger partial charge is 0.478 e. The maximum Gasteiger partial charge on any atom is 0.337 e. The molecule has 6 nitrogen and oxygen atoms in total. The first-order chi connectivity index (χ1) is 9.08. The van der Waals surface area contributed by atoms with Gasteiger partial charge in [0, 0.05) is 19.0 Å². The van der Waals surface area contributed by atoms with Crippen molar-refractivity contribution in [2.45, 2.75) is 25.3 Å². The van der Waals surface area contributed by atoms with Crippen LogP contribution < -0.4 is 16.4 Å². The Morgan fingerprint density at radius 2 is 2.11 bits per heavy atom. The molecule has 1 aliphatic rings. The van der Waals surface area contributed by atoms with E-state index in [1.807, 2.05) is 0 Å². The van der Waals surface area contributed by atoms with Crippen molar-refractivity contribution in [3.8, 4) is 0 Å². The molecule has 0 unspecified atom stereocenters. The van der Waals surface area contributed by atoms with Crippen LogP contribution in [0.4, 0.5) is 11.4 Å². The highest BCUT2D eigenvalue weighted by atomic mass is 16.4. The first-order valence-corrected chi connectivity index (χ1v) is 6.23. The number of benzene rings is 1. The lowest BCUT2D eigenvalue weighted by Gasteiger charge is -2.11. The van der Waals surface area contributed by atoms with Crippen molar-refractivity contribution in [3.05, 3.63) is 23.8 Å². The van der Waals surface area contributed by atoms with Crippen LogP contribution in [0.2, 0.25) is 0 Å². The second-order valence-electron chi connectivity index (χ2n) is 4.59. The summed E-state index contributed by atoms with van der Waals surface area (Å²) in [6, 6.07) is 5.11. The number of carboxylic acids is 1. The van der Waals surface area contributed by atoms with Gasteiger partial charge in [0.15, 0.2) is 0 Å². The van der Waals surface area contributed by atoms with E-state index < -0.39 is 5.97 Å². The molecule has 0 bridgehead atoms. The van der Waals surface area contributed by atoms with E-state index in [0.717, 1.165) is 12.8 Å². The van der Waals surface area contributed by atoms with Crippen LogP contribution in [-0.4, -0.2) is 29.6 Å². The maximum absolute atomic E-state index is 11.5. The van der Waals surface area contributed by atoms with Crippen molar-refractivity contribution in [1.82, 2.24) is 5.32 Å². The van der Waals surface area contributed by atoms with Gasteiger partial charge in [-0.1, -0.05) is 6.07 Å². The molecule has 1 aliphatic carbocycles. The average Bonchev–Trinajstić information content (AvgIpc) is 3.14. The third kappa shape index (κ3) is 3.61. The van der Waals surface area contributed by atoms with Gasteiger partial charge in [-0.05, 0) is 25.0 Å². The number of nitrogens with two attached hydrogens (primary N) is 1. The Labute approximate surface area is 111 Å². The van der Waals surface area contributed by atoms with E-state index in [1.54, 1.807) is 12.1 Å². The van der Waals surface area contributed by atoms with Crippen molar-refractivity contribution < 1.29 is 14.7 Å². The van der Waals surface area contributed by atoms with Crippen molar-refractivity contribution in [3.63, 3.8) is 0 Å². The first kappa shape index (κ1) is 13.2. The Morgan fingerprint density at radius 3 is 2.74 bits per heavy atom. The lowest BCUT2D eigenvalue weighted by Crippen LogP contribution is -2.27. The minimum absolute atomic E-state index is 0.00274. The molecule has 5 N–H and O–H groups in total. The van der Waals surface area contributed by atoms with Gasteiger partial charge in [-0.15, -0.1) is 0 Å². The van der Waals surface area contributed by atoms with E-state index in [0.29, 0.717) is 24.7 Å². The van der Waals surface area contributed by atoms with Crippen LogP contribution in [0.15, 0.2) is 18.2 Å². The lowest BCUT2D eigenvalue weighted by molar-refractivity contribution is -0.120. The number of nitrogen functional groups attached to an aromatic ring is 1. The zero-order chi connectivity index (χ0) is 13.8. The van der Waals surface area contributed by atoms with Crippen LogP contribution in [0.25, 0.3) is 0 Å². The van der Waals surface area contributed by atoms with E-state index >= 15 is 0 Å². The van der Waals surface area contributed by atoms with Crippen molar-refractivity contribution in [2.24, 2.45) is 0 Å². The highest BCUT2D eigenvalue weighted by Crippen LogP contribution is 2.22. The molecule has 0 heterocycles. The maximum atomic E-state index is 11.5. The number of anilines is 2. The Bertz CT molecular complexity index is 498. The van der Waals surface area contributed by atoms with Crippen molar-refractivity contribution >= 4 is 23.3 Å². The summed E-state index contributed by atoms with van der Waals surface area (Å²) in [4.78, 5) is 22.4. The van der Waals surface area contributed by atoms with Crippen LogP contribution in [0.1, 0.15) is 29.6 Å². The van der Waals surface area contributed by atoms with Gasteiger partial charge in [0.05, 0.1) is 16.9 Å². The van der Waals surface area contributed by atoms with E-state index in [4.69, 9.17) is 10.8 Å². The molecule has 0 atom stereocenters. The zero-order valence-electron chi connectivity index (χ0n) is 10.5. The van der Waals surface area contributed by atoms with Gasteiger partial charge in [0.2, 0.25) is 5.91 Å². The molecule has 0 radical (unpaired) electrons. The zero-order valence-corrected chi connectivity index (χ0v) is 10.5. The topological polar surface area (TPSA) is 104 Å². The van der Waals surface area contributed by atoms with Gasteiger partial charge in [0.1, 0.15) is 0 Å². The second-order valence-corrected chi connectivity index (χ2v) is 4.59. The lowest BCUT2D eigenvalue weighted by atomic mass is 10.1. The third-order valence-corrected chi connectivity index (χ3v) is 2.95. The molecule has 0 aliphatic heterocycles. The fraction of sp³-hybridized carbons (Fsp3) is 0.385. The number of carbonyl (C=O) groups excluding carboxylic acids is 1. The van der Waals surface area contributed by atoms with E-state index in [2.05, 4.69) is 10.6 Å². The molecule has 2 rings (SSSR count). The van der Waals surface area contributed by atoms with Gasteiger partial charge in [0.25, 0.3) is 0 Å². The Hall–Kier alpha value is -2.24. The van der Waals surface area contributed by atoms with Crippen molar-refractivity contribution in [1.29, 1.82) is 0 Å². The number of aromatic carboxylic acids is 1. The number of amides is 1. The van der Waals surface area contributed by atoms with Gasteiger partial charge in [-0.2, -0.15) is 0 Å². The predicted octanol–water partition coefficient (Wildman–Crippen LogP) is 1.05. The van der Waals surface area contributed by atoms with Gasteiger partial charge in [-0.3, -0.25) is 4.79 Å². The average molecular weight is 263 g/mol. The number of para-hydroxylation sites is 1. The third-order valence-electron chi connectivity index (χ3n) is 2.95. The van der Waals surface area contributed by atoms with Crippen LogP contribution in [0, 0.1) is 0 Å². The fourth-order valence-electron chi connectivity index (χ4n) is 1.74. The number of nitrogens with one attached hydrogen (secondary N) is 2. The fourth-order valence-corrected chi connectivity index (χ4v) is 1.74. The molecule has 0 aromatic heterocycles. The SMILES string of the molecule is Nc1c(NCCC(=O)NC2CC2)cccc1C(=O)O. The second kappa shape index (κ2) is 5.60. The summed E-state index contributed by atoms with van der Waals surface area (Å²) < 4.78 is 0. The highest BCUT2D eigenvalue weighted by Gasteiger charge is 2.22. The standard InChI is InChI=1S/C13H17N3O3/c14-12-9(13(18)19)2-1-3-10(12)15-7-6-11(17)16-8-4-5-8/h1-3,8,15H,4-7,14H2,(H,16,17)(H,18,19). The Kier molecular flexibility index (Phi) is 3.89. The monoisotopic (exact) mass is 263 g/mol. The van der Waals surface area contributed by atoms with Gasteiger partial charge < -0.3 is 21.5 Å². The normalized spacial score (nSPS) is 13.9. The first-order valence-electron chi connectivity index (χ1n) is 6.23. The summed E-state index contributed by atoms with van der Waals surface area (Å²) in [5.41, 5.74) is 6.54. The molecule has 1 amide bonds. The summed E-state index contributed by atoms with van der Waals surface area (Å²) in [5, 5.41) is 14.8. The van der Waals surface area contributed by atoms with E-state index in [1.165, 1.54) is 6.07 Å². The smallest absolute Gasteiger partial charge is 0.337 e.